The summed E-state index contributed by atoms with van der Waals surface area (Å²) in [4.78, 5) is 0. The topological polar surface area (TPSA) is 66.5 Å². The minimum atomic E-state index is -1.46. The lowest BCUT2D eigenvalue weighted by Crippen LogP contribution is -2.29. The zero-order valence-electron chi connectivity index (χ0n) is 9.14. The summed E-state index contributed by atoms with van der Waals surface area (Å²) in [5.74, 6) is 0.724. The molecule has 2 aromatic rings. The quantitative estimate of drug-likeness (QED) is 0.724. The van der Waals surface area contributed by atoms with Crippen LogP contribution < -0.4 is 5.46 Å². The molecular weight excluding hydrogens is 205 g/mol. The van der Waals surface area contributed by atoms with E-state index < -0.39 is 7.12 Å². The van der Waals surface area contributed by atoms with E-state index in [0.29, 0.717) is 5.46 Å². The second-order valence-electron chi connectivity index (χ2n) is 3.70. The molecule has 4 nitrogen and oxygen atoms in total. The molecule has 2 rings (SSSR count). The van der Waals surface area contributed by atoms with E-state index >= 15 is 0 Å². The Bertz CT molecular complexity index is 488. The van der Waals surface area contributed by atoms with Crippen molar-refractivity contribution in [1.29, 1.82) is 0 Å². The Morgan fingerprint density at radius 2 is 2.00 bits per heavy atom. The number of benzene rings is 1. The summed E-state index contributed by atoms with van der Waals surface area (Å²) >= 11 is 0. The van der Waals surface area contributed by atoms with Gasteiger partial charge in [0, 0.05) is 5.56 Å². The van der Waals surface area contributed by atoms with Crippen molar-refractivity contribution < 1.29 is 14.6 Å². The molecule has 0 atom stereocenters. The Balaban J connectivity index is 2.52. The molecule has 0 amide bonds. The zero-order chi connectivity index (χ0) is 11.7. The summed E-state index contributed by atoms with van der Waals surface area (Å²) in [7, 11) is -1.46. The van der Waals surface area contributed by atoms with E-state index in [1.165, 1.54) is 0 Å². The molecule has 0 unspecified atom stereocenters. The highest BCUT2D eigenvalue weighted by Gasteiger charge is 2.15. The van der Waals surface area contributed by atoms with Crippen LogP contribution >= 0.6 is 0 Å². The molecule has 0 aliphatic carbocycles. The van der Waals surface area contributed by atoms with Crippen molar-refractivity contribution in [1.82, 2.24) is 5.16 Å². The predicted octanol–water partition coefficient (Wildman–Crippen LogP) is 0.638. The summed E-state index contributed by atoms with van der Waals surface area (Å²) in [6, 6.07) is 7.04. The standard InChI is InChI=1S/C11H12BNO3/c1-7-11(8(2)16-13-7)9-4-3-5-10(6-9)12(14)15/h3-6,14-15H,1-2H3. The third-order valence-corrected chi connectivity index (χ3v) is 2.51. The number of aromatic nitrogens is 1. The molecule has 1 aromatic heterocycles. The van der Waals surface area contributed by atoms with Crippen molar-refractivity contribution in [2.45, 2.75) is 13.8 Å². The molecule has 0 aliphatic rings. The Morgan fingerprint density at radius 3 is 2.56 bits per heavy atom. The molecule has 0 fully saturated rings. The summed E-state index contributed by atoms with van der Waals surface area (Å²) in [5.41, 5.74) is 3.03. The van der Waals surface area contributed by atoms with Crippen LogP contribution in [0.15, 0.2) is 28.8 Å². The third-order valence-electron chi connectivity index (χ3n) is 2.51. The molecule has 5 heteroatoms. The highest BCUT2D eigenvalue weighted by Crippen LogP contribution is 2.25. The van der Waals surface area contributed by atoms with Crippen molar-refractivity contribution in [3.05, 3.63) is 35.7 Å². The first kappa shape index (κ1) is 10.9. The molecule has 16 heavy (non-hydrogen) atoms. The maximum absolute atomic E-state index is 9.10. The fraction of sp³-hybridized carbons (Fsp3) is 0.182. The van der Waals surface area contributed by atoms with Gasteiger partial charge in [-0.3, -0.25) is 0 Å². The Kier molecular flexibility index (Phi) is 2.81. The minimum absolute atomic E-state index is 0.456. The Labute approximate surface area is 93.7 Å². The van der Waals surface area contributed by atoms with Crippen LogP contribution in [0.2, 0.25) is 0 Å². The lowest BCUT2D eigenvalue weighted by Gasteiger charge is -2.03. The third kappa shape index (κ3) is 1.87. The minimum Gasteiger partial charge on any atom is -0.423 e. The van der Waals surface area contributed by atoms with Crippen LogP contribution in [-0.2, 0) is 0 Å². The second kappa shape index (κ2) is 4.12. The van der Waals surface area contributed by atoms with Gasteiger partial charge in [0.05, 0.1) is 5.69 Å². The van der Waals surface area contributed by atoms with Crippen molar-refractivity contribution in [2.24, 2.45) is 0 Å². The van der Waals surface area contributed by atoms with Gasteiger partial charge in [-0.1, -0.05) is 29.4 Å². The highest BCUT2D eigenvalue weighted by atomic mass is 16.5. The number of hydrogen-bond donors (Lipinski definition) is 2. The van der Waals surface area contributed by atoms with E-state index in [9.17, 15) is 0 Å². The summed E-state index contributed by atoms with van der Waals surface area (Å²) < 4.78 is 5.08. The number of nitrogens with zero attached hydrogens (tertiary/aromatic N) is 1. The number of aryl methyl sites for hydroxylation is 2. The lowest BCUT2D eigenvalue weighted by molar-refractivity contribution is 0.393. The first-order valence-corrected chi connectivity index (χ1v) is 4.99. The van der Waals surface area contributed by atoms with E-state index in [0.717, 1.165) is 22.6 Å². The molecule has 82 valence electrons. The maximum Gasteiger partial charge on any atom is 0.488 e. The summed E-state index contributed by atoms with van der Waals surface area (Å²) in [6.07, 6.45) is 0. The van der Waals surface area contributed by atoms with Crippen LogP contribution in [0.25, 0.3) is 11.1 Å². The fourth-order valence-corrected chi connectivity index (χ4v) is 1.75. The average molecular weight is 217 g/mol. The van der Waals surface area contributed by atoms with Crippen molar-refractivity contribution in [2.75, 3.05) is 0 Å². The van der Waals surface area contributed by atoms with Crippen molar-refractivity contribution in [3.63, 3.8) is 0 Å². The first-order valence-electron chi connectivity index (χ1n) is 4.99. The van der Waals surface area contributed by atoms with E-state index in [-0.39, 0.29) is 0 Å². The van der Waals surface area contributed by atoms with Crippen LogP contribution in [0.4, 0.5) is 0 Å². The molecule has 0 saturated heterocycles. The van der Waals surface area contributed by atoms with Crippen LogP contribution in [0.1, 0.15) is 11.5 Å². The van der Waals surface area contributed by atoms with E-state index in [2.05, 4.69) is 5.16 Å². The van der Waals surface area contributed by atoms with Crippen LogP contribution in [0, 0.1) is 13.8 Å². The van der Waals surface area contributed by atoms with Crippen LogP contribution in [0.3, 0.4) is 0 Å². The van der Waals surface area contributed by atoms with Gasteiger partial charge in [-0.15, -0.1) is 0 Å². The SMILES string of the molecule is Cc1noc(C)c1-c1cccc(B(O)O)c1. The average Bonchev–Trinajstić information content (AvgIpc) is 2.59. The summed E-state index contributed by atoms with van der Waals surface area (Å²) in [5, 5.41) is 22.1. The molecule has 1 aromatic carbocycles. The van der Waals surface area contributed by atoms with Crippen molar-refractivity contribution >= 4 is 12.6 Å². The highest BCUT2D eigenvalue weighted by molar-refractivity contribution is 6.58. The maximum atomic E-state index is 9.10. The zero-order valence-corrected chi connectivity index (χ0v) is 9.14. The number of hydrogen-bond acceptors (Lipinski definition) is 4. The van der Waals surface area contributed by atoms with Crippen LogP contribution in [-0.4, -0.2) is 22.3 Å². The Hall–Kier alpha value is -1.59. The van der Waals surface area contributed by atoms with Gasteiger partial charge in [0.1, 0.15) is 5.76 Å². The second-order valence-corrected chi connectivity index (χ2v) is 3.70. The van der Waals surface area contributed by atoms with Gasteiger partial charge in [0.2, 0.25) is 0 Å². The monoisotopic (exact) mass is 217 g/mol. The van der Waals surface area contributed by atoms with Gasteiger partial charge in [0.15, 0.2) is 0 Å². The molecule has 0 bridgehead atoms. The van der Waals surface area contributed by atoms with Gasteiger partial charge < -0.3 is 14.6 Å². The molecule has 2 N–H and O–H groups in total. The molecule has 0 aliphatic heterocycles. The van der Waals surface area contributed by atoms with E-state index in [1.807, 2.05) is 19.9 Å². The van der Waals surface area contributed by atoms with Gasteiger partial charge in [-0.05, 0) is 24.9 Å². The molecule has 0 spiro atoms. The molecule has 0 saturated carbocycles. The molecule has 0 radical (unpaired) electrons. The Morgan fingerprint density at radius 1 is 1.25 bits per heavy atom. The van der Waals surface area contributed by atoms with E-state index in [1.54, 1.807) is 18.2 Å². The normalized spacial score (nSPS) is 10.5. The first-order chi connectivity index (χ1) is 7.59. The van der Waals surface area contributed by atoms with Gasteiger partial charge >= 0.3 is 7.12 Å². The number of rotatable bonds is 2. The van der Waals surface area contributed by atoms with Crippen molar-refractivity contribution in [3.8, 4) is 11.1 Å². The summed E-state index contributed by atoms with van der Waals surface area (Å²) in [6.45, 7) is 3.69. The molecular formula is C11H12BNO3. The largest absolute Gasteiger partial charge is 0.488 e. The van der Waals surface area contributed by atoms with Gasteiger partial charge in [-0.2, -0.15) is 0 Å². The van der Waals surface area contributed by atoms with E-state index in [4.69, 9.17) is 14.6 Å². The molecule has 1 heterocycles. The van der Waals surface area contributed by atoms with Gasteiger partial charge in [-0.25, -0.2) is 0 Å². The van der Waals surface area contributed by atoms with Crippen LogP contribution in [0.5, 0.6) is 0 Å². The lowest BCUT2D eigenvalue weighted by atomic mass is 9.79. The fourth-order valence-electron chi connectivity index (χ4n) is 1.75. The smallest absolute Gasteiger partial charge is 0.423 e. The predicted molar refractivity (Wildman–Crippen MR) is 61.2 cm³/mol. The van der Waals surface area contributed by atoms with Gasteiger partial charge in [0.25, 0.3) is 0 Å².